The zero-order chi connectivity index (χ0) is 22.2. The van der Waals surface area contributed by atoms with E-state index in [0.29, 0.717) is 37.2 Å². The van der Waals surface area contributed by atoms with Gasteiger partial charge in [-0.25, -0.2) is 0 Å². The van der Waals surface area contributed by atoms with Crippen molar-refractivity contribution >= 4 is 11.8 Å². The predicted molar refractivity (Wildman–Crippen MR) is 118 cm³/mol. The van der Waals surface area contributed by atoms with Gasteiger partial charge < -0.3 is 25.4 Å². The summed E-state index contributed by atoms with van der Waals surface area (Å²) in [7, 11) is 0. The highest BCUT2D eigenvalue weighted by atomic mass is 16.5. The Hall–Kier alpha value is -2.38. The van der Waals surface area contributed by atoms with Crippen LogP contribution in [0.4, 0.5) is 0 Å². The van der Waals surface area contributed by atoms with E-state index in [4.69, 9.17) is 4.74 Å². The Labute approximate surface area is 183 Å². The first-order valence-electron chi connectivity index (χ1n) is 11.3. The zero-order valence-electron chi connectivity index (χ0n) is 18.4. The molecule has 7 heteroatoms. The summed E-state index contributed by atoms with van der Waals surface area (Å²) < 4.78 is 6.34. The highest BCUT2D eigenvalue weighted by Crippen LogP contribution is 2.32. The Morgan fingerprint density at radius 3 is 2.77 bits per heavy atom. The van der Waals surface area contributed by atoms with Gasteiger partial charge in [0.25, 0.3) is 5.91 Å². The van der Waals surface area contributed by atoms with Gasteiger partial charge in [-0.1, -0.05) is 13.0 Å². The van der Waals surface area contributed by atoms with Gasteiger partial charge in [0.15, 0.2) is 0 Å². The third-order valence-electron chi connectivity index (χ3n) is 6.39. The molecular formula is C24H33N3O4. The lowest BCUT2D eigenvalue weighted by molar-refractivity contribution is -0.126. The first kappa shape index (κ1) is 21.8. The maximum absolute atomic E-state index is 12.9. The SMILES string of the molecule is C=C1CCC(N2Cc3cc(O[C@H]4CCCC[C@H]4NCC(C)(C)O)ccc3C2=O)C(=O)N1. The van der Waals surface area contributed by atoms with Gasteiger partial charge in [0, 0.05) is 30.4 Å². The highest BCUT2D eigenvalue weighted by molar-refractivity contribution is 6.01. The van der Waals surface area contributed by atoms with Crippen LogP contribution in [-0.4, -0.2) is 52.2 Å². The average molecular weight is 428 g/mol. The van der Waals surface area contributed by atoms with Gasteiger partial charge in [-0.05, 0) is 69.7 Å². The van der Waals surface area contributed by atoms with E-state index in [1.165, 1.54) is 0 Å². The summed E-state index contributed by atoms with van der Waals surface area (Å²) in [5.41, 5.74) is 1.49. The second kappa shape index (κ2) is 8.63. The van der Waals surface area contributed by atoms with Crippen molar-refractivity contribution in [1.82, 2.24) is 15.5 Å². The topological polar surface area (TPSA) is 90.9 Å². The molecule has 1 aromatic rings. The van der Waals surface area contributed by atoms with Gasteiger partial charge >= 0.3 is 0 Å². The van der Waals surface area contributed by atoms with E-state index in [1.807, 2.05) is 18.2 Å². The van der Waals surface area contributed by atoms with Crippen LogP contribution in [0.2, 0.25) is 0 Å². The van der Waals surface area contributed by atoms with E-state index >= 15 is 0 Å². The average Bonchev–Trinajstić information content (AvgIpc) is 3.02. The van der Waals surface area contributed by atoms with Gasteiger partial charge in [0.05, 0.1) is 5.60 Å². The van der Waals surface area contributed by atoms with E-state index in [1.54, 1.807) is 18.7 Å². The van der Waals surface area contributed by atoms with Crippen molar-refractivity contribution in [3.8, 4) is 5.75 Å². The van der Waals surface area contributed by atoms with Crippen LogP contribution in [0.25, 0.3) is 0 Å². The molecule has 7 nitrogen and oxygen atoms in total. The van der Waals surface area contributed by atoms with Crippen molar-refractivity contribution < 1.29 is 19.4 Å². The number of fused-ring (bicyclic) bond motifs is 1. The lowest BCUT2D eigenvalue weighted by Gasteiger charge is -2.34. The van der Waals surface area contributed by atoms with Gasteiger partial charge in [-0.2, -0.15) is 0 Å². The van der Waals surface area contributed by atoms with Gasteiger partial charge in [-0.15, -0.1) is 0 Å². The number of hydrogen-bond donors (Lipinski definition) is 3. The first-order chi connectivity index (χ1) is 14.7. The van der Waals surface area contributed by atoms with Crippen molar-refractivity contribution in [2.45, 2.75) is 82.7 Å². The Morgan fingerprint density at radius 1 is 1.26 bits per heavy atom. The Morgan fingerprint density at radius 2 is 2.03 bits per heavy atom. The van der Waals surface area contributed by atoms with Crippen LogP contribution in [0.15, 0.2) is 30.5 Å². The number of benzene rings is 1. The smallest absolute Gasteiger partial charge is 0.255 e. The molecule has 1 aromatic carbocycles. The number of amides is 2. The van der Waals surface area contributed by atoms with Crippen molar-refractivity contribution in [3.63, 3.8) is 0 Å². The molecule has 2 amide bonds. The standard InChI is InChI=1S/C24H33N3O4/c1-15-8-11-20(22(28)26-15)27-13-16-12-17(9-10-18(16)23(27)29)31-21-7-5-4-6-19(21)25-14-24(2,3)30/h9-10,12,19-21,25,30H,1,4-8,11,13-14H2,2-3H3,(H,26,28)/t19-,20?,21+/m1/s1. The number of aliphatic hydroxyl groups is 1. The molecule has 1 aliphatic carbocycles. The van der Waals surface area contributed by atoms with E-state index in [0.717, 1.165) is 37.0 Å². The number of allylic oxidation sites excluding steroid dienone is 1. The molecule has 168 valence electrons. The fourth-order valence-corrected chi connectivity index (χ4v) is 4.73. The van der Waals surface area contributed by atoms with Crippen molar-refractivity contribution in [2.75, 3.05) is 6.54 Å². The third-order valence-corrected chi connectivity index (χ3v) is 6.39. The van der Waals surface area contributed by atoms with Crippen LogP contribution in [0.5, 0.6) is 5.75 Å². The lowest BCUT2D eigenvalue weighted by atomic mass is 9.91. The largest absolute Gasteiger partial charge is 0.489 e. The van der Waals surface area contributed by atoms with E-state index in [9.17, 15) is 14.7 Å². The summed E-state index contributed by atoms with van der Waals surface area (Å²) >= 11 is 0. The number of piperidine rings is 1. The Bertz CT molecular complexity index is 876. The van der Waals surface area contributed by atoms with Gasteiger partial charge in [-0.3, -0.25) is 9.59 Å². The molecule has 3 aliphatic rings. The molecule has 1 unspecified atom stereocenters. The number of ether oxygens (including phenoxy) is 1. The van der Waals surface area contributed by atoms with E-state index in [2.05, 4.69) is 17.2 Å². The second-order valence-corrected chi connectivity index (χ2v) is 9.64. The van der Waals surface area contributed by atoms with E-state index in [-0.39, 0.29) is 24.0 Å². The van der Waals surface area contributed by atoms with Crippen molar-refractivity contribution in [2.24, 2.45) is 0 Å². The molecule has 0 aromatic heterocycles. The lowest BCUT2D eigenvalue weighted by Crippen LogP contribution is -2.49. The van der Waals surface area contributed by atoms with Crippen LogP contribution in [0, 0.1) is 0 Å². The Kier molecular flexibility index (Phi) is 6.08. The fraction of sp³-hybridized carbons (Fsp3) is 0.583. The highest BCUT2D eigenvalue weighted by Gasteiger charge is 2.38. The maximum Gasteiger partial charge on any atom is 0.255 e. The quantitative estimate of drug-likeness (QED) is 0.649. The van der Waals surface area contributed by atoms with Gasteiger partial charge in [0.2, 0.25) is 5.91 Å². The summed E-state index contributed by atoms with van der Waals surface area (Å²) in [5.74, 6) is 0.491. The maximum atomic E-state index is 12.9. The van der Waals surface area contributed by atoms with E-state index < -0.39 is 11.6 Å². The van der Waals surface area contributed by atoms with Crippen LogP contribution < -0.4 is 15.4 Å². The fourth-order valence-electron chi connectivity index (χ4n) is 4.73. The zero-order valence-corrected chi connectivity index (χ0v) is 18.4. The summed E-state index contributed by atoms with van der Waals surface area (Å²) in [5, 5.41) is 16.3. The first-order valence-corrected chi connectivity index (χ1v) is 11.3. The normalized spacial score (nSPS) is 26.6. The van der Waals surface area contributed by atoms with Crippen LogP contribution in [0.3, 0.4) is 0 Å². The Balaban J connectivity index is 1.44. The minimum Gasteiger partial charge on any atom is -0.489 e. The summed E-state index contributed by atoms with van der Waals surface area (Å²) in [4.78, 5) is 26.9. The molecular weight excluding hydrogens is 394 g/mol. The molecule has 2 aliphatic heterocycles. The molecule has 0 bridgehead atoms. The molecule has 2 fully saturated rings. The van der Waals surface area contributed by atoms with Crippen LogP contribution >= 0.6 is 0 Å². The van der Waals surface area contributed by atoms with Crippen molar-refractivity contribution in [1.29, 1.82) is 0 Å². The van der Waals surface area contributed by atoms with Gasteiger partial charge in [0.1, 0.15) is 17.9 Å². The number of rotatable bonds is 6. The summed E-state index contributed by atoms with van der Waals surface area (Å²) in [6.07, 6.45) is 5.54. The van der Waals surface area contributed by atoms with Crippen LogP contribution in [-0.2, 0) is 11.3 Å². The van der Waals surface area contributed by atoms with Crippen molar-refractivity contribution in [3.05, 3.63) is 41.6 Å². The monoisotopic (exact) mass is 427 g/mol. The molecule has 4 rings (SSSR count). The minimum atomic E-state index is -0.767. The third kappa shape index (κ3) is 4.93. The molecule has 2 heterocycles. The summed E-state index contributed by atoms with van der Waals surface area (Å²) in [6, 6.07) is 5.34. The minimum absolute atomic E-state index is 0.0255. The molecule has 31 heavy (non-hydrogen) atoms. The number of carbonyl (C=O) groups excluding carboxylic acids is 2. The number of hydrogen-bond acceptors (Lipinski definition) is 5. The summed E-state index contributed by atoms with van der Waals surface area (Å²) in [6.45, 7) is 8.34. The number of carbonyl (C=O) groups is 2. The molecule has 1 saturated carbocycles. The number of nitrogens with one attached hydrogen (secondary N) is 2. The molecule has 1 saturated heterocycles. The van der Waals surface area contributed by atoms with Crippen LogP contribution in [0.1, 0.15) is 68.3 Å². The molecule has 0 spiro atoms. The number of nitrogens with zero attached hydrogens (tertiary/aromatic N) is 1. The molecule has 0 radical (unpaired) electrons. The molecule has 3 N–H and O–H groups in total. The predicted octanol–water partition coefficient (Wildman–Crippen LogP) is 2.49. The molecule has 3 atom stereocenters. The second-order valence-electron chi connectivity index (χ2n) is 9.64.